The first-order valence-electron chi connectivity index (χ1n) is 7.70. The van der Waals surface area contributed by atoms with Gasteiger partial charge in [0, 0.05) is 37.9 Å². The lowest BCUT2D eigenvalue weighted by molar-refractivity contribution is 0.0594. The molecule has 2 aromatic rings. The quantitative estimate of drug-likeness (QED) is 0.824. The molecule has 0 spiro atoms. The van der Waals surface area contributed by atoms with Crippen molar-refractivity contribution in [2.24, 2.45) is 0 Å². The highest BCUT2D eigenvalue weighted by molar-refractivity contribution is 5.87. The number of carbonyl (C=O) groups excluding carboxylic acids is 1. The SMILES string of the molecule is COC(=O)c1cccc(N2CCN(c3nc(C)cc(=O)[nH]3)CC2)n1. The molecule has 3 rings (SSSR count). The predicted molar refractivity (Wildman–Crippen MR) is 89.6 cm³/mol. The molecule has 8 nitrogen and oxygen atoms in total. The average molecular weight is 329 g/mol. The van der Waals surface area contributed by atoms with Crippen molar-refractivity contribution in [3.8, 4) is 0 Å². The molecule has 1 N–H and O–H groups in total. The number of ether oxygens (including phenoxy) is 1. The van der Waals surface area contributed by atoms with E-state index in [0.29, 0.717) is 30.4 Å². The standard InChI is InChI=1S/C16H19N5O3/c1-11-10-14(22)19-16(17-11)21-8-6-20(7-9-21)13-5-3-4-12(18-13)15(23)24-2/h3-5,10H,6-9H2,1-2H3,(H,17,19,22). The number of nitrogens with one attached hydrogen (secondary N) is 1. The number of aromatic amines is 1. The summed E-state index contributed by atoms with van der Waals surface area (Å²) in [6.45, 7) is 4.65. The van der Waals surface area contributed by atoms with E-state index >= 15 is 0 Å². The number of piperazine rings is 1. The van der Waals surface area contributed by atoms with Crippen LogP contribution in [0.3, 0.4) is 0 Å². The van der Waals surface area contributed by atoms with Gasteiger partial charge in [0.2, 0.25) is 5.95 Å². The van der Waals surface area contributed by atoms with Gasteiger partial charge in [-0.3, -0.25) is 9.78 Å². The molecular weight excluding hydrogens is 310 g/mol. The monoisotopic (exact) mass is 329 g/mol. The molecule has 1 saturated heterocycles. The molecule has 0 bridgehead atoms. The third-order valence-electron chi connectivity index (χ3n) is 3.89. The molecule has 1 aliphatic heterocycles. The first-order chi connectivity index (χ1) is 11.6. The fourth-order valence-electron chi connectivity index (χ4n) is 2.68. The third-order valence-corrected chi connectivity index (χ3v) is 3.89. The summed E-state index contributed by atoms with van der Waals surface area (Å²) >= 11 is 0. The largest absolute Gasteiger partial charge is 0.464 e. The summed E-state index contributed by atoms with van der Waals surface area (Å²) < 4.78 is 4.71. The lowest BCUT2D eigenvalue weighted by atomic mass is 10.3. The second-order valence-electron chi connectivity index (χ2n) is 5.56. The van der Waals surface area contributed by atoms with Gasteiger partial charge in [-0.2, -0.15) is 0 Å². The molecule has 1 fully saturated rings. The van der Waals surface area contributed by atoms with Gasteiger partial charge in [0.25, 0.3) is 5.56 Å². The van der Waals surface area contributed by atoms with E-state index in [1.807, 2.05) is 11.0 Å². The first-order valence-corrected chi connectivity index (χ1v) is 7.70. The number of H-pyrrole nitrogens is 1. The molecule has 0 unspecified atom stereocenters. The van der Waals surface area contributed by atoms with E-state index in [-0.39, 0.29) is 5.56 Å². The third kappa shape index (κ3) is 3.37. The number of methoxy groups -OCH3 is 1. The minimum Gasteiger partial charge on any atom is -0.464 e. The number of aryl methyl sites for hydroxylation is 1. The maximum absolute atomic E-state index is 11.6. The second-order valence-corrected chi connectivity index (χ2v) is 5.56. The van der Waals surface area contributed by atoms with Crippen LogP contribution >= 0.6 is 0 Å². The molecule has 1 aliphatic rings. The molecule has 3 heterocycles. The van der Waals surface area contributed by atoms with Gasteiger partial charge in [-0.15, -0.1) is 0 Å². The van der Waals surface area contributed by atoms with Crippen LogP contribution in [0.15, 0.2) is 29.1 Å². The minimum atomic E-state index is -0.447. The second kappa shape index (κ2) is 6.69. The molecular formula is C16H19N5O3. The highest BCUT2D eigenvalue weighted by Crippen LogP contribution is 2.16. The molecule has 0 aliphatic carbocycles. The van der Waals surface area contributed by atoms with Crippen LogP contribution in [0.25, 0.3) is 0 Å². The molecule has 0 saturated carbocycles. The van der Waals surface area contributed by atoms with Gasteiger partial charge in [-0.25, -0.2) is 14.8 Å². The van der Waals surface area contributed by atoms with Crippen molar-refractivity contribution < 1.29 is 9.53 Å². The van der Waals surface area contributed by atoms with Crippen LogP contribution in [0.2, 0.25) is 0 Å². The van der Waals surface area contributed by atoms with E-state index in [9.17, 15) is 9.59 Å². The molecule has 126 valence electrons. The number of rotatable bonds is 3. The van der Waals surface area contributed by atoms with Crippen LogP contribution in [0.4, 0.5) is 11.8 Å². The smallest absolute Gasteiger partial charge is 0.356 e. The zero-order valence-electron chi connectivity index (χ0n) is 13.7. The van der Waals surface area contributed by atoms with Crippen LogP contribution in [0, 0.1) is 6.92 Å². The molecule has 0 amide bonds. The summed E-state index contributed by atoms with van der Waals surface area (Å²) in [7, 11) is 1.34. The number of esters is 1. The summed E-state index contributed by atoms with van der Waals surface area (Å²) in [5, 5.41) is 0. The Hall–Kier alpha value is -2.90. The Balaban J connectivity index is 1.71. The van der Waals surface area contributed by atoms with Crippen LogP contribution in [-0.2, 0) is 4.74 Å². The van der Waals surface area contributed by atoms with Gasteiger partial charge in [-0.1, -0.05) is 6.07 Å². The molecule has 8 heteroatoms. The number of hydrogen-bond donors (Lipinski definition) is 1. The van der Waals surface area contributed by atoms with E-state index in [2.05, 4.69) is 19.9 Å². The lowest BCUT2D eigenvalue weighted by Gasteiger charge is -2.35. The normalized spacial score (nSPS) is 14.6. The van der Waals surface area contributed by atoms with E-state index in [1.54, 1.807) is 19.1 Å². The van der Waals surface area contributed by atoms with Gasteiger partial charge in [-0.05, 0) is 19.1 Å². The number of hydrogen-bond acceptors (Lipinski definition) is 7. The zero-order chi connectivity index (χ0) is 17.1. The van der Waals surface area contributed by atoms with Crippen LogP contribution in [0.1, 0.15) is 16.2 Å². The van der Waals surface area contributed by atoms with Gasteiger partial charge in [0.05, 0.1) is 7.11 Å². The summed E-state index contributed by atoms with van der Waals surface area (Å²) in [6, 6.07) is 6.77. The van der Waals surface area contributed by atoms with Crippen molar-refractivity contribution in [2.75, 3.05) is 43.1 Å². The van der Waals surface area contributed by atoms with Crippen molar-refractivity contribution in [3.05, 3.63) is 46.0 Å². The Morgan fingerprint density at radius 3 is 2.54 bits per heavy atom. The highest BCUT2D eigenvalue weighted by atomic mass is 16.5. The van der Waals surface area contributed by atoms with Crippen LogP contribution in [0.5, 0.6) is 0 Å². The zero-order valence-corrected chi connectivity index (χ0v) is 13.7. The van der Waals surface area contributed by atoms with Gasteiger partial charge < -0.3 is 14.5 Å². The minimum absolute atomic E-state index is 0.146. The Morgan fingerprint density at radius 1 is 1.17 bits per heavy atom. The van der Waals surface area contributed by atoms with E-state index in [4.69, 9.17) is 4.74 Å². The summed E-state index contributed by atoms with van der Waals surface area (Å²) in [4.78, 5) is 38.8. The van der Waals surface area contributed by atoms with Gasteiger partial charge in [0.15, 0.2) is 5.69 Å². The fraction of sp³-hybridized carbons (Fsp3) is 0.375. The van der Waals surface area contributed by atoms with Gasteiger partial charge in [0.1, 0.15) is 5.82 Å². The first kappa shape index (κ1) is 16.0. The maximum atomic E-state index is 11.6. The Bertz CT molecular complexity index is 796. The summed E-state index contributed by atoms with van der Waals surface area (Å²) in [5.74, 6) is 0.885. The molecule has 0 radical (unpaired) electrons. The van der Waals surface area contributed by atoms with E-state index in [0.717, 1.165) is 18.9 Å². The Kier molecular flexibility index (Phi) is 4.45. The molecule has 24 heavy (non-hydrogen) atoms. The summed E-state index contributed by atoms with van der Waals surface area (Å²) in [5.41, 5.74) is 0.845. The Labute approximate surface area is 139 Å². The van der Waals surface area contributed by atoms with E-state index in [1.165, 1.54) is 13.2 Å². The number of anilines is 2. The van der Waals surface area contributed by atoms with Crippen molar-refractivity contribution in [3.63, 3.8) is 0 Å². The van der Waals surface area contributed by atoms with E-state index < -0.39 is 5.97 Å². The summed E-state index contributed by atoms with van der Waals surface area (Å²) in [6.07, 6.45) is 0. The topological polar surface area (TPSA) is 91.4 Å². The number of carbonyl (C=O) groups is 1. The number of aromatic nitrogens is 3. The maximum Gasteiger partial charge on any atom is 0.356 e. The molecule has 0 atom stereocenters. The lowest BCUT2D eigenvalue weighted by Crippen LogP contribution is -2.47. The van der Waals surface area contributed by atoms with Crippen molar-refractivity contribution in [1.82, 2.24) is 15.0 Å². The Morgan fingerprint density at radius 2 is 1.88 bits per heavy atom. The molecule has 0 aromatic carbocycles. The fourth-order valence-corrected chi connectivity index (χ4v) is 2.68. The van der Waals surface area contributed by atoms with Crippen LogP contribution in [-0.4, -0.2) is 54.2 Å². The number of nitrogens with zero attached hydrogens (tertiary/aromatic N) is 4. The van der Waals surface area contributed by atoms with Gasteiger partial charge >= 0.3 is 5.97 Å². The predicted octanol–water partition coefficient (Wildman–Crippen LogP) is 0.587. The van der Waals surface area contributed by atoms with Crippen molar-refractivity contribution in [2.45, 2.75) is 6.92 Å². The van der Waals surface area contributed by atoms with Crippen LogP contribution < -0.4 is 15.4 Å². The van der Waals surface area contributed by atoms with Crippen molar-refractivity contribution >= 4 is 17.7 Å². The average Bonchev–Trinajstić information content (AvgIpc) is 2.60. The highest BCUT2D eigenvalue weighted by Gasteiger charge is 2.20. The van der Waals surface area contributed by atoms with Crippen molar-refractivity contribution in [1.29, 1.82) is 0 Å². The molecule has 2 aromatic heterocycles. The number of pyridine rings is 1.